The third-order valence-electron chi connectivity index (χ3n) is 6.05. The molecule has 1 aliphatic heterocycles. The van der Waals surface area contributed by atoms with Crippen molar-refractivity contribution in [1.82, 2.24) is 9.21 Å². The molecule has 0 aromatic heterocycles. The Hall–Kier alpha value is -2.91. The summed E-state index contributed by atoms with van der Waals surface area (Å²) < 4.78 is 32.8. The van der Waals surface area contributed by atoms with Crippen molar-refractivity contribution in [2.45, 2.75) is 24.7 Å². The fourth-order valence-corrected chi connectivity index (χ4v) is 5.42. The molecule has 4 rings (SSSR count). The highest BCUT2D eigenvalue weighted by Crippen LogP contribution is 2.33. The number of sulfonamides is 1. The number of benzene rings is 2. The second kappa shape index (κ2) is 9.52. The van der Waals surface area contributed by atoms with Crippen molar-refractivity contribution in [1.29, 1.82) is 0 Å². The second-order valence-corrected chi connectivity index (χ2v) is 10.2. The van der Waals surface area contributed by atoms with Crippen LogP contribution in [0.1, 0.15) is 30.1 Å². The molecular weight excluding hydrogens is 442 g/mol. The molecule has 1 saturated carbocycles. The van der Waals surface area contributed by atoms with Gasteiger partial charge in [-0.3, -0.25) is 9.59 Å². The molecule has 1 saturated heterocycles. The molecule has 2 aliphatic rings. The summed E-state index contributed by atoms with van der Waals surface area (Å²) in [6.07, 6.45) is 1.79. The van der Waals surface area contributed by atoms with Crippen LogP contribution in [-0.4, -0.2) is 69.3 Å². The van der Waals surface area contributed by atoms with Gasteiger partial charge in [-0.25, -0.2) is 8.42 Å². The highest BCUT2D eigenvalue weighted by molar-refractivity contribution is 7.89. The molecule has 2 aromatic rings. The summed E-state index contributed by atoms with van der Waals surface area (Å²) in [4.78, 5) is 29.2. The van der Waals surface area contributed by atoms with Crippen LogP contribution in [0, 0.1) is 5.92 Å². The summed E-state index contributed by atoms with van der Waals surface area (Å²) >= 11 is 0. The quantitative estimate of drug-likeness (QED) is 0.620. The minimum absolute atomic E-state index is 0.0292. The predicted molar refractivity (Wildman–Crippen MR) is 125 cm³/mol. The van der Waals surface area contributed by atoms with Crippen molar-refractivity contribution in [3.8, 4) is 5.75 Å². The van der Waals surface area contributed by atoms with Crippen LogP contribution >= 0.6 is 0 Å². The molecule has 0 unspecified atom stereocenters. The minimum atomic E-state index is -3.66. The fraction of sp³-hybridized carbons (Fsp3) is 0.417. The Morgan fingerprint density at radius 3 is 2.24 bits per heavy atom. The summed E-state index contributed by atoms with van der Waals surface area (Å²) in [6, 6.07) is 13.5. The van der Waals surface area contributed by atoms with E-state index in [4.69, 9.17) is 4.74 Å². The smallest absolute Gasteiger partial charge is 0.256 e. The molecule has 0 spiro atoms. The van der Waals surface area contributed by atoms with Gasteiger partial charge in [0.05, 0.1) is 22.8 Å². The second-order valence-electron chi connectivity index (χ2n) is 8.29. The molecule has 0 N–H and O–H groups in total. The first-order chi connectivity index (χ1) is 15.8. The van der Waals surface area contributed by atoms with Gasteiger partial charge in [0.15, 0.2) is 0 Å². The number of para-hydroxylation sites is 1. The Labute approximate surface area is 194 Å². The molecule has 9 heteroatoms. The van der Waals surface area contributed by atoms with Crippen molar-refractivity contribution in [2.24, 2.45) is 5.92 Å². The Balaban J connectivity index is 1.44. The number of rotatable bonds is 7. The third-order valence-corrected chi connectivity index (χ3v) is 7.96. The molecule has 0 bridgehead atoms. The first-order valence-corrected chi connectivity index (χ1v) is 12.7. The van der Waals surface area contributed by atoms with E-state index in [0.717, 1.165) is 12.8 Å². The Morgan fingerprint density at radius 1 is 1.00 bits per heavy atom. The van der Waals surface area contributed by atoms with Crippen molar-refractivity contribution in [3.63, 3.8) is 0 Å². The van der Waals surface area contributed by atoms with E-state index in [2.05, 4.69) is 0 Å². The maximum absolute atomic E-state index is 13.3. The maximum atomic E-state index is 13.3. The third kappa shape index (κ3) is 4.89. The Kier molecular flexibility index (Phi) is 6.71. The molecule has 176 valence electrons. The fourth-order valence-electron chi connectivity index (χ4n) is 4.00. The number of amides is 2. The van der Waals surface area contributed by atoms with Crippen LogP contribution in [0.25, 0.3) is 0 Å². The number of hydrogen-bond donors (Lipinski definition) is 0. The largest absolute Gasteiger partial charge is 0.494 e. The number of carbonyl (C=O) groups excluding carboxylic acids is 2. The molecule has 1 aliphatic carbocycles. The molecule has 2 fully saturated rings. The average molecular weight is 472 g/mol. The summed E-state index contributed by atoms with van der Waals surface area (Å²) in [6.45, 7) is 3.36. The molecule has 0 radical (unpaired) electrons. The number of anilines is 1. The SMILES string of the molecule is CCOc1ccc(S(=O)(=O)N2CCN(C(=O)c3ccccc3N(C)C(=O)C3CC3)CC2)cc1. The molecule has 0 atom stereocenters. The minimum Gasteiger partial charge on any atom is -0.494 e. The number of nitrogens with zero attached hydrogens (tertiary/aromatic N) is 3. The van der Waals surface area contributed by atoms with E-state index in [-0.39, 0.29) is 48.8 Å². The van der Waals surface area contributed by atoms with E-state index >= 15 is 0 Å². The van der Waals surface area contributed by atoms with Gasteiger partial charge < -0.3 is 14.5 Å². The highest BCUT2D eigenvalue weighted by atomic mass is 32.2. The van der Waals surface area contributed by atoms with Gasteiger partial charge in [-0.2, -0.15) is 4.31 Å². The van der Waals surface area contributed by atoms with E-state index in [1.165, 1.54) is 4.31 Å². The van der Waals surface area contributed by atoms with E-state index in [1.54, 1.807) is 59.3 Å². The van der Waals surface area contributed by atoms with Gasteiger partial charge >= 0.3 is 0 Å². The highest BCUT2D eigenvalue weighted by Gasteiger charge is 2.35. The zero-order chi connectivity index (χ0) is 23.6. The van der Waals surface area contributed by atoms with Crippen molar-refractivity contribution in [3.05, 3.63) is 54.1 Å². The zero-order valence-electron chi connectivity index (χ0n) is 18.9. The molecule has 2 aromatic carbocycles. The lowest BCUT2D eigenvalue weighted by Crippen LogP contribution is -2.50. The van der Waals surface area contributed by atoms with Crippen LogP contribution < -0.4 is 9.64 Å². The number of piperazine rings is 1. The molecule has 1 heterocycles. The van der Waals surface area contributed by atoms with Gasteiger partial charge in [0.1, 0.15) is 5.75 Å². The molecule has 8 nitrogen and oxygen atoms in total. The monoisotopic (exact) mass is 471 g/mol. The Bertz CT molecular complexity index is 1120. The van der Waals surface area contributed by atoms with Crippen LogP contribution in [0.2, 0.25) is 0 Å². The molecular formula is C24H29N3O5S. The van der Waals surface area contributed by atoms with Gasteiger partial charge in [0.2, 0.25) is 15.9 Å². The molecule has 33 heavy (non-hydrogen) atoms. The summed E-state index contributed by atoms with van der Waals surface area (Å²) in [5.74, 6) is 0.505. The number of carbonyl (C=O) groups is 2. The van der Waals surface area contributed by atoms with Crippen molar-refractivity contribution >= 4 is 27.5 Å². The summed E-state index contributed by atoms with van der Waals surface area (Å²) in [5, 5.41) is 0. The maximum Gasteiger partial charge on any atom is 0.256 e. The van der Waals surface area contributed by atoms with E-state index < -0.39 is 10.0 Å². The first kappa shape index (κ1) is 23.3. The topological polar surface area (TPSA) is 87.2 Å². The van der Waals surface area contributed by atoms with Gasteiger partial charge in [-0.1, -0.05) is 12.1 Å². The van der Waals surface area contributed by atoms with Crippen LogP contribution in [-0.2, 0) is 14.8 Å². The van der Waals surface area contributed by atoms with E-state index in [1.807, 2.05) is 13.0 Å². The normalized spacial score (nSPS) is 17.0. The Morgan fingerprint density at radius 2 is 1.64 bits per heavy atom. The number of hydrogen-bond acceptors (Lipinski definition) is 5. The average Bonchev–Trinajstić information content (AvgIpc) is 3.69. The van der Waals surface area contributed by atoms with Gasteiger partial charge in [-0.05, 0) is 56.2 Å². The van der Waals surface area contributed by atoms with Crippen LogP contribution in [0.5, 0.6) is 5.75 Å². The predicted octanol–water partition coefficient (Wildman–Crippen LogP) is 2.60. The van der Waals surface area contributed by atoms with Crippen LogP contribution in [0.3, 0.4) is 0 Å². The number of ether oxygens (including phenoxy) is 1. The first-order valence-electron chi connectivity index (χ1n) is 11.2. The van der Waals surface area contributed by atoms with Gasteiger partial charge in [0, 0.05) is 39.1 Å². The standard InChI is InChI=1S/C24H29N3O5S/c1-3-32-19-10-12-20(13-11-19)33(30,31)27-16-14-26(15-17-27)24(29)21-6-4-5-7-22(21)25(2)23(28)18-8-9-18/h4-7,10-13,18H,3,8-9,14-17H2,1-2H3. The van der Waals surface area contributed by atoms with Gasteiger partial charge in [-0.15, -0.1) is 0 Å². The van der Waals surface area contributed by atoms with Crippen molar-refractivity contribution in [2.75, 3.05) is 44.7 Å². The molecule has 2 amide bonds. The van der Waals surface area contributed by atoms with Crippen LogP contribution in [0.15, 0.2) is 53.4 Å². The van der Waals surface area contributed by atoms with Gasteiger partial charge in [0.25, 0.3) is 5.91 Å². The lowest BCUT2D eigenvalue weighted by Gasteiger charge is -2.34. The van der Waals surface area contributed by atoms with Crippen LogP contribution in [0.4, 0.5) is 5.69 Å². The summed E-state index contributed by atoms with van der Waals surface area (Å²) in [5.41, 5.74) is 1.04. The van der Waals surface area contributed by atoms with Crippen molar-refractivity contribution < 1.29 is 22.7 Å². The summed E-state index contributed by atoms with van der Waals surface area (Å²) in [7, 11) is -1.95. The van der Waals surface area contributed by atoms with E-state index in [0.29, 0.717) is 23.6 Å². The zero-order valence-corrected chi connectivity index (χ0v) is 19.8. The lowest BCUT2D eigenvalue weighted by atomic mass is 10.1. The lowest BCUT2D eigenvalue weighted by molar-refractivity contribution is -0.119. The van der Waals surface area contributed by atoms with E-state index in [9.17, 15) is 18.0 Å².